The minimum Gasteiger partial charge on any atom is -0.457 e. The van der Waals surface area contributed by atoms with Gasteiger partial charge in [0.25, 0.3) is 0 Å². The van der Waals surface area contributed by atoms with Crippen LogP contribution in [0.15, 0.2) is 72.8 Å². The van der Waals surface area contributed by atoms with Crippen LogP contribution in [0.4, 0.5) is 0 Å². The Balaban J connectivity index is 1.62. The lowest BCUT2D eigenvalue weighted by atomic mass is 9.86. The van der Waals surface area contributed by atoms with E-state index < -0.39 is 0 Å². The molecule has 0 bridgehead atoms. The van der Waals surface area contributed by atoms with Crippen molar-refractivity contribution < 1.29 is 9.47 Å². The third-order valence-electron chi connectivity index (χ3n) is 4.58. The van der Waals surface area contributed by atoms with Gasteiger partial charge >= 0.3 is 0 Å². The summed E-state index contributed by atoms with van der Waals surface area (Å²) in [4.78, 5) is 0. The van der Waals surface area contributed by atoms with Crippen LogP contribution in [-0.2, 0) is 16.8 Å². The van der Waals surface area contributed by atoms with Gasteiger partial charge in [0.15, 0.2) is 0 Å². The van der Waals surface area contributed by atoms with Crippen molar-refractivity contribution in [3.8, 4) is 11.5 Å². The van der Waals surface area contributed by atoms with Gasteiger partial charge in [-0.3, -0.25) is 0 Å². The topological polar surface area (TPSA) is 18.5 Å². The molecule has 0 aliphatic carbocycles. The zero-order chi connectivity index (χ0) is 19.3. The van der Waals surface area contributed by atoms with Crippen molar-refractivity contribution in [2.75, 3.05) is 6.61 Å². The van der Waals surface area contributed by atoms with E-state index in [0.717, 1.165) is 27.6 Å². The molecule has 0 saturated carbocycles. The van der Waals surface area contributed by atoms with Crippen molar-refractivity contribution in [1.82, 2.24) is 0 Å². The maximum absolute atomic E-state index is 6.03. The molecule has 0 heterocycles. The second-order valence-corrected chi connectivity index (χ2v) is 7.83. The van der Waals surface area contributed by atoms with Crippen LogP contribution in [0.3, 0.4) is 0 Å². The highest BCUT2D eigenvalue weighted by Gasteiger charge is 2.20. The average molecular weight is 381 g/mol. The fraction of sp³-hybridized carbons (Fsp3) is 0.250. The first kappa shape index (κ1) is 19.5. The van der Waals surface area contributed by atoms with E-state index in [1.54, 1.807) is 0 Å². The molecule has 0 saturated heterocycles. The molecule has 3 aromatic rings. The van der Waals surface area contributed by atoms with Crippen LogP contribution in [-0.4, -0.2) is 6.61 Å². The Morgan fingerprint density at radius 3 is 2.30 bits per heavy atom. The Morgan fingerprint density at radius 1 is 0.889 bits per heavy atom. The highest BCUT2D eigenvalue weighted by Crippen LogP contribution is 2.28. The molecule has 0 atom stereocenters. The quantitative estimate of drug-likeness (QED) is 0.442. The van der Waals surface area contributed by atoms with Crippen LogP contribution < -0.4 is 4.74 Å². The van der Waals surface area contributed by atoms with E-state index in [1.165, 1.54) is 5.56 Å². The van der Waals surface area contributed by atoms with Crippen LogP contribution in [0, 0.1) is 6.92 Å². The summed E-state index contributed by atoms with van der Waals surface area (Å²) in [6.07, 6.45) is 0. The maximum atomic E-state index is 6.03. The number of ether oxygens (including phenoxy) is 2. The summed E-state index contributed by atoms with van der Waals surface area (Å²) in [5, 5.41) is 0.751. The molecule has 140 valence electrons. The molecule has 0 aliphatic heterocycles. The molecule has 0 unspecified atom stereocenters. The van der Waals surface area contributed by atoms with E-state index in [-0.39, 0.29) is 5.41 Å². The molecule has 27 heavy (non-hydrogen) atoms. The number of para-hydroxylation sites is 1. The molecule has 0 aromatic heterocycles. The number of aryl methyl sites for hydroxylation is 1. The summed E-state index contributed by atoms with van der Waals surface area (Å²) in [5.74, 6) is 1.70. The number of halogens is 1. The largest absolute Gasteiger partial charge is 0.457 e. The summed E-state index contributed by atoms with van der Waals surface area (Å²) in [5.41, 5.74) is 3.32. The molecule has 0 N–H and O–H groups in total. The first-order chi connectivity index (χ1) is 12.9. The third-order valence-corrected chi connectivity index (χ3v) is 4.83. The molecule has 0 spiro atoms. The normalized spacial score (nSPS) is 11.4. The minimum absolute atomic E-state index is 0.0847. The molecule has 0 fully saturated rings. The van der Waals surface area contributed by atoms with Crippen molar-refractivity contribution in [2.24, 2.45) is 0 Å². The average Bonchev–Trinajstić information content (AvgIpc) is 2.65. The van der Waals surface area contributed by atoms with Gasteiger partial charge in [-0.2, -0.15) is 0 Å². The Morgan fingerprint density at radius 2 is 1.59 bits per heavy atom. The minimum atomic E-state index is -0.0847. The van der Waals surface area contributed by atoms with Crippen LogP contribution in [0.25, 0.3) is 0 Å². The van der Waals surface area contributed by atoms with E-state index in [2.05, 4.69) is 44.2 Å². The molecule has 0 aliphatic rings. The van der Waals surface area contributed by atoms with E-state index >= 15 is 0 Å². The van der Waals surface area contributed by atoms with Crippen molar-refractivity contribution in [3.05, 3.63) is 94.5 Å². The number of benzene rings is 3. The zero-order valence-electron chi connectivity index (χ0n) is 16.0. The van der Waals surface area contributed by atoms with Gasteiger partial charge in [-0.1, -0.05) is 67.9 Å². The van der Waals surface area contributed by atoms with Crippen LogP contribution in [0.1, 0.15) is 30.5 Å². The standard InChI is InChI=1S/C24H25ClO2/c1-18-9-10-19(15-23(18)27-22-7-5-4-6-8-22)16-26-17-24(2,3)20-11-13-21(25)14-12-20/h4-15H,16-17H2,1-3H3. The second kappa shape index (κ2) is 8.60. The summed E-state index contributed by atoms with van der Waals surface area (Å²) in [7, 11) is 0. The molecule has 0 radical (unpaired) electrons. The van der Waals surface area contributed by atoms with Crippen molar-refractivity contribution in [2.45, 2.75) is 32.8 Å². The summed E-state index contributed by atoms with van der Waals surface area (Å²) in [6, 6.07) is 24.0. The first-order valence-corrected chi connectivity index (χ1v) is 9.48. The van der Waals surface area contributed by atoms with Gasteiger partial charge < -0.3 is 9.47 Å². The smallest absolute Gasteiger partial charge is 0.130 e. The SMILES string of the molecule is Cc1ccc(COCC(C)(C)c2ccc(Cl)cc2)cc1Oc1ccccc1. The van der Waals surface area contributed by atoms with E-state index in [9.17, 15) is 0 Å². The molecular weight excluding hydrogens is 356 g/mol. The van der Waals surface area contributed by atoms with Crippen LogP contribution >= 0.6 is 11.6 Å². The van der Waals surface area contributed by atoms with Gasteiger partial charge in [-0.25, -0.2) is 0 Å². The Labute approximate surface area is 166 Å². The van der Waals surface area contributed by atoms with E-state index in [1.807, 2.05) is 49.4 Å². The fourth-order valence-corrected chi connectivity index (χ4v) is 2.99. The van der Waals surface area contributed by atoms with Gasteiger partial charge in [0, 0.05) is 10.4 Å². The van der Waals surface area contributed by atoms with E-state index in [0.29, 0.717) is 13.2 Å². The van der Waals surface area contributed by atoms with Gasteiger partial charge in [0.05, 0.1) is 13.2 Å². The Hall–Kier alpha value is -2.29. The van der Waals surface area contributed by atoms with Crippen molar-refractivity contribution in [1.29, 1.82) is 0 Å². The molecule has 3 aromatic carbocycles. The van der Waals surface area contributed by atoms with Gasteiger partial charge in [-0.15, -0.1) is 0 Å². The number of hydrogen-bond acceptors (Lipinski definition) is 2. The maximum Gasteiger partial charge on any atom is 0.130 e. The summed E-state index contributed by atoms with van der Waals surface area (Å²) < 4.78 is 12.0. The predicted molar refractivity (Wildman–Crippen MR) is 112 cm³/mol. The highest BCUT2D eigenvalue weighted by molar-refractivity contribution is 6.30. The number of rotatable bonds is 7. The lowest BCUT2D eigenvalue weighted by Gasteiger charge is -2.25. The lowest BCUT2D eigenvalue weighted by molar-refractivity contribution is 0.0824. The molecule has 0 amide bonds. The monoisotopic (exact) mass is 380 g/mol. The van der Waals surface area contributed by atoms with Crippen molar-refractivity contribution >= 4 is 11.6 Å². The lowest BCUT2D eigenvalue weighted by Crippen LogP contribution is -2.24. The van der Waals surface area contributed by atoms with Crippen molar-refractivity contribution in [3.63, 3.8) is 0 Å². The van der Waals surface area contributed by atoms with Crippen LogP contribution in [0.2, 0.25) is 5.02 Å². The highest BCUT2D eigenvalue weighted by atomic mass is 35.5. The van der Waals surface area contributed by atoms with Crippen LogP contribution in [0.5, 0.6) is 11.5 Å². The second-order valence-electron chi connectivity index (χ2n) is 7.40. The van der Waals surface area contributed by atoms with Gasteiger partial charge in [0.1, 0.15) is 11.5 Å². The van der Waals surface area contributed by atoms with Gasteiger partial charge in [0.2, 0.25) is 0 Å². The van der Waals surface area contributed by atoms with E-state index in [4.69, 9.17) is 21.1 Å². The Kier molecular flexibility index (Phi) is 6.20. The molecule has 3 heteroatoms. The molecule has 2 nitrogen and oxygen atoms in total. The third kappa shape index (κ3) is 5.35. The summed E-state index contributed by atoms with van der Waals surface area (Å²) in [6.45, 7) is 7.57. The number of hydrogen-bond donors (Lipinski definition) is 0. The van der Waals surface area contributed by atoms with Gasteiger partial charge in [-0.05, 0) is 53.9 Å². The molecular formula is C24H25ClO2. The Bertz CT molecular complexity index is 871. The predicted octanol–water partition coefficient (Wildman–Crippen LogP) is 6.94. The summed E-state index contributed by atoms with van der Waals surface area (Å²) >= 11 is 5.99. The zero-order valence-corrected chi connectivity index (χ0v) is 16.8. The molecule has 3 rings (SSSR count). The fourth-order valence-electron chi connectivity index (χ4n) is 2.87. The first-order valence-electron chi connectivity index (χ1n) is 9.10.